The average molecular weight is 552 g/mol. The van der Waals surface area contributed by atoms with E-state index in [2.05, 4.69) is 85.9 Å². The Bertz CT molecular complexity index is 465. The maximum Gasteiger partial charge on any atom is 1.00 e. The van der Waals surface area contributed by atoms with Gasteiger partial charge >= 0.3 is 77.1 Å². The predicted octanol–water partition coefficient (Wildman–Crippen LogP) is 2.80. The van der Waals surface area contributed by atoms with Gasteiger partial charge in [-0.15, -0.1) is 0 Å². The van der Waals surface area contributed by atoms with Gasteiger partial charge < -0.3 is 32.9 Å². The van der Waals surface area contributed by atoms with Crippen molar-refractivity contribution in [1.82, 2.24) is 0 Å². The van der Waals surface area contributed by atoms with Crippen LogP contribution in [0.4, 0.5) is 0 Å². The third kappa shape index (κ3) is 23.7. The van der Waals surface area contributed by atoms with Crippen LogP contribution >= 0.6 is 0 Å². The van der Waals surface area contributed by atoms with Gasteiger partial charge in [0.15, 0.2) is 16.6 Å². The summed E-state index contributed by atoms with van der Waals surface area (Å²) in [5, 5.41) is 0. The van der Waals surface area contributed by atoms with Gasteiger partial charge in [0, 0.05) is 6.61 Å². The van der Waals surface area contributed by atoms with E-state index >= 15 is 0 Å². The Labute approximate surface area is 241 Å². The third-order valence-corrected chi connectivity index (χ3v) is 21.0. The molecular weight excluding hydrogens is 504 g/mol. The third-order valence-electron chi connectivity index (χ3n) is 3.29. The van der Waals surface area contributed by atoms with Crippen molar-refractivity contribution in [2.45, 2.75) is 91.9 Å². The van der Waals surface area contributed by atoms with Crippen molar-refractivity contribution in [3.63, 3.8) is 0 Å². The Morgan fingerprint density at radius 3 is 1.35 bits per heavy atom. The molecule has 182 valence electrons. The van der Waals surface area contributed by atoms with E-state index in [-0.39, 0.29) is 51.4 Å². The normalized spacial score (nSPS) is 14.3. The van der Waals surface area contributed by atoms with Crippen LogP contribution in [-0.2, 0) is 26.0 Å². The first-order chi connectivity index (χ1) is 13.2. The van der Waals surface area contributed by atoms with E-state index in [9.17, 15) is 0 Å². The molecule has 0 aliphatic rings. The molecule has 6 nitrogen and oxygen atoms in total. The molecule has 0 heterocycles. The molecule has 0 aromatic rings. The van der Waals surface area contributed by atoms with Gasteiger partial charge in [-0.2, -0.15) is 6.92 Å². The zero-order valence-electron chi connectivity index (χ0n) is 22.9. The number of hydrogen-bond acceptors (Lipinski definition) is 6. The van der Waals surface area contributed by atoms with Crippen LogP contribution in [0.2, 0.25) is 78.1 Å². The molecule has 0 amide bonds. The first kappa shape index (κ1) is 37.7. The molecule has 0 saturated carbocycles. The molecule has 31 heavy (non-hydrogen) atoms. The summed E-state index contributed by atoms with van der Waals surface area (Å²) in [4.78, 5) is 8.68. The molecule has 1 unspecified atom stereocenters. The standard InChI is InChI=1S/C17H45O5Si5.C2H3O.K/c1-14-18-15-17(2)16-27(13,21-25(9,10)19-23(3,4)5)22-26(11,12)20-24(6,7)8;1-2-3;/h17H,1,14-16H2,2-13H3;1H3;/q2*-1;+1. The average Bonchev–Trinajstić information content (AvgIpc) is 2.37. The smallest absolute Gasteiger partial charge is 0.542 e. The molecule has 0 aliphatic heterocycles. The van der Waals surface area contributed by atoms with Crippen molar-refractivity contribution in [1.29, 1.82) is 0 Å². The molecule has 12 heteroatoms. The van der Waals surface area contributed by atoms with Crippen molar-refractivity contribution >= 4 is 48.6 Å². The van der Waals surface area contributed by atoms with Crippen LogP contribution in [0, 0.1) is 12.8 Å². The molecule has 0 spiro atoms. The SMILES string of the molecule is C[C-]=O.[CH2-]COCC(C)C[Si](C)(O[Si](C)(C)O[Si](C)(C)C)O[Si](C)(C)O[Si](C)(C)C.[K+]. The molecule has 0 fully saturated rings. The van der Waals surface area contributed by atoms with Crippen molar-refractivity contribution in [2.24, 2.45) is 5.92 Å². The van der Waals surface area contributed by atoms with Crippen molar-refractivity contribution in [3.05, 3.63) is 6.92 Å². The molecule has 0 bridgehead atoms. The fourth-order valence-electron chi connectivity index (χ4n) is 3.64. The van der Waals surface area contributed by atoms with Crippen LogP contribution < -0.4 is 51.4 Å². The van der Waals surface area contributed by atoms with Crippen LogP contribution in [0.1, 0.15) is 13.8 Å². The summed E-state index contributed by atoms with van der Waals surface area (Å²) in [6.07, 6.45) is 1.50. The fourth-order valence-corrected chi connectivity index (χ4v) is 27.4. The first-order valence-electron chi connectivity index (χ1n) is 10.7. The zero-order valence-corrected chi connectivity index (χ0v) is 31.0. The van der Waals surface area contributed by atoms with Crippen molar-refractivity contribution in [2.75, 3.05) is 13.2 Å². The maximum atomic E-state index is 8.68. The Hall–Kier alpha value is 2.19. The second-order valence-electron chi connectivity index (χ2n) is 10.7. The van der Waals surface area contributed by atoms with Crippen LogP contribution in [0.3, 0.4) is 0 Å². The minimum atomic E-state index is -2.52. The van der Waals surface area contributed by atoms with Gasteiger partial charge in [0.05, 0.1) is 0 Å². The summed E-state index contributed by atoms with van der Waals surface area (Å²) in [6.45, 7) is 32.5. The van der Waals surface area contributed by atoms with Gasteiger partial charge in [-0.1, -0.05) is 13.5 Å². The largest absolute Gasteiger partial charge is 1.00 e. The van der Waals surface area contributed by atoms with E-state index < -0.39 is 42.3 Å². The maximum absolute atomic E-state index is 8.68. The van der Waals surface area contributed by atoms with Crippen molar-refractivity contribution in [3.8, 4) is 0 Å². The van der Waals surface area contributed by atoms with Crippen LogP contribution in [0.5, 0.6) is 0 Å². The Morgan fingerprint density at radius 2 is 1.10 bits per heavy atom. The summed E-state index contributed by atoms with van der Waals surface area (Å²) in [7, 11) is -10.5. The summed E-state index contributed by atoms with van der Waals surface area (Å²) in [5.74, 6) is 0.344. The Kier molecular flexibility index (Phi) is 19.5. The van der Waals surface area contributed by atoms with Crippen LogP contribution in [-0.4, -0.2) is 61.8 Å². The second kappa shape index (κ2) is 16.0. The fraction of sp³-hybridized carbons (Fsp3) is 0.895. The van der Waals surface area contributed by atoms with Gasteiger partial charge in [0.25, 0.3) is 0 Å². The number of rotatable bonds is 13. The quantitative estimate of drug-likeness (QED) is 0.259. The van der Waals surface area contributed by atoms with Crippen LogP contribution in [0.25, 0.3) is 0 Å². The number of ether oxygens (including phenoxy) is 1. The van der Waals surface area contributed by atoms with E-state index in [1.807, 2.05) is 0 Å². The minimum Gasteiger partial charge on any atom is -0.542 e. The van der Waals surface area contributed by atoms with E-state index in [4.69, 9.17) is 26.0 Å². The van der Waals surface area contributed by atoms with E-state index in [1.165, 1.54) is 13.2 Å². The summed E-state index contributed by atoms with van der Waals surface area (Å²) >= 11 is 0. The number of hydrogen-bond donors (Lipinski definition) is 0. The number of carbonyl (C=O) groups excluding carboxylic acids is 1. The second-order valence-corrected chi connectivity index (χ2v) is 30.6. The van der Waals surface area contributed by atoms with Gasteiger partial charge in [-0.25, -0.2) is 0 Å². The molecule has 0 radical (unpaired) electrons. The molecular formula is C19H48KO6Si5-. The molecule has 0 N–H and O–H groups in total. The summed E-state index contributed by atoms with van der Waals surface area (Å²) < 4.78 is 32.0. The van der Waals surface area contributed by atoms with Gasteiger partial charge in [0.1, 0.15) is 0 Å². The van der Waals surface area contributed by atoms with Crippen LogP contribution in [0.15, 0.2) is 0 Å². The molecule has 0 rings (SSSR count). The predicted molar refractivity (Wildman–Crippen MR) is 139 cm³/mol. The van der Waals surface area contributed by atoms with Gasteiger partial charge in [-0.3, -0.25) is 6.29 Å². The molecule has 0 aliphatic carbocycles. The van der Waals surface area contributed by atoms with Gasteiger partial charge in [-0.05, 0) is 84.0 Å². The van der Waals surface area contributed by atoms with Crippen molar-refractivity contribution < 1.29 is 77.4 Å². The first-order valence-corrected chi connectivity index (χ1v) is 25.6. The topological polar surface area (TPSA) is 63.2 Å². The minimum absolute atomic E-state index is 0. The molecule has 1 atom stereocenters. The Balaban J connectivity index is -0.00000184. The van der Waals surface area contributed by atoms with E-state index in [0.29, 0.717) is 19.1 Å². The summed E-state index contributed by atoms with van der Waals surface area (Å²) in [6, 6.07) is 0.865. The molecule has 0 aromatic carbocycles. The molecule has 0 aromatic heterocycles. The van der Waals surface area contributed by atoms with Gasteiger partial charge in [0.2, 0.25) is 0 Å². The zero-order chi connectivity index (χ0) is 24.4. The Morgan fingerprint density at radius 1 is 0.774 bits per heavy atom. The monoisotopic (exact) mass is 551 g/mol. The van der Waals surface area contributed by atoms with E-state index in [0.717, 1.165) is 6.04 Å². The summed E-state index contributed by atoms with van der Waals surface area (Å²) in [5.41, 5.74) is 0. The molecule has 0 saturated heterocycles. The van der Waals surface area contributed by atoms with E-state index in [1.54, 1.807) is 0 Å².